The number of likely N-dealkylation sites (tertiary alicyclic amines) is 1. The summed E-state index contributed by atoms with van der Waals surface area (Å²) in [5.41, 5.74) is 2.09. The van der Waals surface area contributed by atoms with Crippen molar-refractivity contribution >= 4 is 21.5 Å². The fraction of sp³-hybridized carbons (Fsp3) is 0.231. The van der Waals surface area contributed by atoms with E-state index in [1.54, 1.807) is 6.07 Å². The number of benzene rings is 4. The Morgan fingerprint density at radius 3 is 2.14 bits per heavy atom. The molecule has 0 atom stereocenters. The third kappa shape index (κ3) is 3.43. The van der Waals surface area contributed by atoms with Crippen molar-refractivity contribution in [3.8, 4) is 11.5 Å². The van der Waals surface area contributed by atoms with Crippen LogP contribution in [0, 0.1) is 5.92 Å². The number of phenolic OH excluding ortho intramolecular Hbond substituents is 1. The fourth-order valence-corrected chi connectivity index (χ4v) is 4.46. The lowest BCUT2D eigenvalue weighted by molar-refractivity contribution is 0.0855. The van der Waals surface area contributed by atoms with Crippen LogP contribution in [0.2, 0.25) is 0 Å². The first kappa shape index (κ1) is 18.0. The van der Waals surface area contributed by atoms with Crippen molar-refractivity contribution in [2.75, 3.05) is 26.7 Å². The molecule has 3 nitrogen and oxygen atoms in total. The highest BCUT2D eigenvalue weighted by molar-refractivity contribution is 5.91. The molecule has 1 fully saturated rings. The number of phenols is 1. The lowest BCUT2D eigenvalue weighted by Gasteiger charge is -2.36. The number of aromatic hydroxyl groups is 1. The summed E-state index contributed by atoms with van der Waals surface area (Å²) in [6.45, 7) is 2.91. The number of hydrogen-bond acceptors (Lipinski definition) is 3. The molecule has 0 spiro atoms. The Morgan fingerprint density at radius 1 is 0.828 bits per heavy atom. The molecule has 0 aliphatic carbocycles. The van der Waals surface area contributed by atoms with Crippen molar-refractivity contribution in [3.63, 3.8) is 0 Å². The average Bonchev–Trinajstić information content (AvgIpc) is 2.73. The first-order chi connectivity index (χ1) is 14.2. The van der Waals surface area contributed by atoms with Crippen molar-refractivity contribution in [3.05, 3.63) is 83.9 Å². The Labute approximate surface area is 171 Å². The summed E-state index contributed by atoms with van der Waals surface area (Å²) in [5, 5.41) is 15.3. The normalized spacial score (nSPS) is 14.9. The second kappa shape index (κ2) is 7.41. The van der Waals surface area contributed by atoms with Gasteiger partial charge in [0.25, 0.3) is 0 Å². The summed E-state index contributed by atoms with van der Waals surface area (Å²) in [4.78, 5) is 2.31. The summed E-state index contributed by atoms with van der Waals surface area (Å²) in [7, 11) is 2.14. The Hall–Kier alpha value is -3.04. The van der Waals surface area contributed by atoms with Crippen molar-refractivity contribution in [2.24, 2.45) is 5.92 Å². The average molecular weight is 383 g/mol. The van der Waals surface area contributed by atoms with E-state index < -0.39 is 0 Å². The third-order valence-corrected chi connectivity index (χ3v) is 5.98. The highest BCUT2D eigenvalue weighted by Crippen LogP contribution is 2.36. The molecule has 0 saturated carbocycles. The number of rotatable bonds is 5. The second-order valence-corrected chi connectivity index (χ2v) is 8.12. The van der Waals surface area contributed by atoms with Crippen LogP contribution in [0.4, 0.5) is 0 Å². The van der Waals surface area contributed by atoms with Gasteiger partial charge in [-0.25, -0.2) is 0 Å². The van der Waals surface area contributed by atoms with Gasteiger partial charge in [0.05, 0.1) is 6.61 Å². The van der Waals surface area contributed by atoms with Gasteiger partial charge in [0.2, 0.25) is 0 Å². The van der Waals surface area contributed by atoms with E-state index in [0.29, 0.717) is 18.1 Å². The molecule has 1 saturated heterocycles. The lowest BCUT2D eigenvalue weighted by atomic mass is 9.93. The van der Waals surface area contributed by atoms with E-state index in [4.69, 9.17) is 4.74 Å². The molecule has 29 heavy (non-hydrogen) atoms. The maximum atomic E-state index is 10.7. The molecule has 0 aromatic heterocycles. The first-order valence-electron chi connectivity index (χ1n) is 10.2. The van der Waals surface area contributed by atoms with E-state index in [9.17, 15) is 5.11 Å². The van der Waals surface area contributed by atoms with Gasteiger partial charge >= 0.3 is 0 Å². The molecular weight excluding hydrogens is 358 g/mol. The maximum absolute atomic E-state index is 10.7. The predicted octanol–water partition coefficient (Wildman–Crippen LogP) is 5.23. The van der Waals surface area contributed by atoms with Crippen molar-refractivity contribution < 1.29 is 9.84 Å². The van der Waals surface area contributed by atoms with Gasteiger partial charge in [0.15, 0.2) is 0 Å². The molecule has 5 rings (SSSR count). The van der Waals surface area contributed by atoms with Crippen molar-refractivity contribution in [1.82, 2.24) is 4.90 Å². The molecule has 4 aromatic rings. The molecule has 0 bridgehead atoms. The minimum absolute atomic E-state index is 0.336. The maximum Gasteiger partial charge on any atom is 0.123 e. The minimum Gasteiger partial charge on any atom is -0.508 e. The molecule has 0 amide bonds. The Kier molecular flexibility index (Phi) is 4.61. The monoisotopic (exact) mass is 383 g/mol. The van der Waals surface area contributed by atoms with E-state index in [2.05, 4.69) is 60.5 Å². The van der Waals surface area contributed by atoms with Crippen LogP contribution in [-0.2, 0) is 6.42 Å². The van der Waals surface area contributed by atoms with E-state index in [-0.39, 0.29) is 0 Å². The van der Waals surface area contributed by atoms with Crippen LogP contribution in [-0.4, -0.2) is 36.8 Å². The highest BCUT2D eigenvalue weighted by Gasteiger charge is 2.24. The molecular formula is C26H25NO2. The van der Waals surface area contributed by atoms with E-state index >= 15 is 0 Å². The molecule has 4 aromatic carbocycles. The van der Waals surface area contributed by atoms with Gasteiger partial charge in [-0.1, -0.05) is 60.7 Å². The SMILES string of the molecule is CN1CC(COc2ccc3ccccc3c2Cc2c(O)ccc3ccccc23)C1. The van der Waals surface area contributed by atoms with Crippen LogP contribution in [0.15, 0.2) is 72.8 Å². The Bertz CT molecular complexity index is 1180. The summed E-state index contributed by atoms with van der Waals surface area (Å²) in [6.07, 6.45) is 0.633. The standard InChI is InChI=1S/C26H25NO2/c1-27-15-18(16-27)17-29-26-13-11-20-7-3-5-9-22(20)24(26)14-23-21-8-4-2-6-19(21)10-12-25(23)28/h2-13,18,28H,14-17H2,1H3. The number of ether oxygens (including phenoxy) is 1. The molecule has 1 aliphatic heterocycles. The Balaban J connectivity index is 1.58. The lowest BCUT2D eigenvalue weighted by Crippen LogP contribution is -2.46. The summed E-state index contributed by atoms with van der Waals surface area (Å²) in [6, 6.07) is 24.6. The van der Waals surface area contributed by atoms with Crippen LogP contribution in [0.25, 0.3) is 21.5 Å². The molecule has 1 N–H and O–H groups in total. The summed E-state index contributed by atoms with van der Waals surface area (Å²) >= 11 is 0. The zero-order valence-electron chi connectivity index (χ0n) is 16.6. The largest absolute Gasteiger partial charge is 0.508 e. The minimum atomic E-state index is 0.336. The number of hydrogen-bond donors (Lipinski definition) is 1. The van der Waals surface area contributed by atoms with Gasteiger partial charge in [-0.05, 0) is 40.7 Å². The smallest absolute Gasteiger partial charge is 0.123 e. The topological polar surface area (TPSA) is 32.7 Å². The van der Waals surface area contributed by atoms with Gasteiger partial charge < -0.3 is 14.7 Å². The fourth-order valence-electron chi connectivity index (χ4n) is 4.46. The van der Waals surface area contributed by atoms with Gasteiger partial charge in [0, 0.05) is 36.6 Å². The zero-order chi connectivity index (χ0) is 19.8. The van der Waals surface area contributed by atoms with Crippen LogP contribution in [0.3, 0.4) is 0 Å². The molecule has 1 aliphatic rings. The van der Waals surface area contributed by atoms with Gasteiger partial charge in [0.1, 0.15) is 11.5 Å². The Morgan fingerprint density at radius 2 is 1.45 bits per heavy atom. The number of fused-ring (bicyclic) bond motifs is 2. The molecule has 0 unspecified atom stereocenters. The van der Waals surface area contributed by atoms with Gasteiger partial charge in [-0.3, -0.25) is 0 Å². The quantitative estimate of drug-likeness (QED) is 0.512. The van der Waals surface area contributed by atoms with E-state index in [1.807, 2.05) is 18.2 Å². The molecule has 1 heterocycles. The van der Waals surface area contributed by atoms with E-state index in [1.165, 1.54) is 10.8 Å². The van der Waals surface area contributed by atoms with Gasteiger partial charge in [-0.15, -0.1) is 0 Å². The van der Waals surface area contributed by atoms with Crippen LogP contribution in [0.1, 0.15) is 11.1 Å². The summed E-state index contributed by atoms with van der Waals surface area (Å²) in [5.74, 6) is 1.85. The molecule has 146 valence electrons. The summed E-state index contributed by atoms with van der Waals surface area (Å²) < 4.78 is 6.31. The first-order valence-corrected chi connectivity index (χ1v) is 10.2. The third-order valence-electron chi connectivity index (χ3n) is 5.98. The van der Waals surface area contributed by atoms with Crippen LogP contribution in [0.5, 0.6) is 11.5 Å². The van der Waals surface area contributed by atoms with Crippen LogP contribution >= 0.6 is 0 Å². The molecule has 3 heteroatoms. The van der Waals surface area contributed by atoms with Crippen LogP contribution < -0.4 is 4.74 Å². The van der Waals surface area contributed by atoms with Crippen molar-refractivity contribution in [2.45, 2.75) is 6.42 Å². The number of nitrogens with zero attached hydrogens (tertiary/aromatic N) is 1. The highest BCUT2D eigenvalue weighted by atomic mass is 16.5. The molecule has 0 radical (unpaired) electrons. The van der Waals surface area contributed by atoms with Gasteiger partial charge in [-0.2, -0.15) is 0 Å². The van der Waals surface area contributed by atoms with E-state index in [0.717, 1.165) is 47.3 Å². The predicted molar refractivity (Wildman–Crippen MR) is 119 cm³/mol. The zero-order valence-corrected chi connectivity index (χ0v) is 16.6. The second-order valence-electron chi connectivity index (χ2n) is 8.12. The van der Waals surface area contributed by atoms with Crippen molar-refractivity contribution in [1.29, 1.82) is 0 Å².